The Balaban J connectivity index is 2.05. The summed E-state index contributed by atoms with van der Waals surface area (Å²) in [5.41, 5.74) is 4.07. The van der Waals surface area contributed by atoms with Gasteiger partial charge in [-0.3, -0.25) is 4.98 Å². The van der Waals surface area contributed by atoms with Crippen LogP contribution < -0.4 is 11.1 Å². The number of hydrogen-bond acceptors (Lipinski definition) is 7. The van der Waals surface area contributed by atoms with Crippen LogP contribution in [0, 0.1) is 0 Å². The molecular formula is C17H16ClF3N6O2S. The van der Waals surface area contributed by atoms with Crippen LogP contribution in [0.3, 0.4) is 0 Å². The van der Waals surface area contributed by atoms with Crippen molar-refractivity contribution >= 4 is 39.0 Å². The molecule has 0 amide bonds. The van der Waals surface area contributed by atoms with Crippen molar-refractivity contribution < 1.29 is 21.6 Å². The SMILES string of the molecule is CCCS(=O)(=O)c1ccc(-c2c(Cl)cc(Nc3nnc(N)[nH]3)cc2C(F)(F)F)cn1. The second-order valence-electron chi connectivity index (χ2n) is 6.27. The molecular weight excluding hydrogens is 445 g/mol. The summed E-state index contributed by atoms with van der Waals surface area (Å²) in [5.74, 6) is -0.0857. The summed E-state index contributed by atoms with van der Waals surface area (Å²) in [6, 6.07) is 4.53. The van der Waals surface area contributed by atoms with E-state index >= 15 is 0 Å². The fourth-order valence-corrected chi connectivity index (χ4v) is 4.31. The molecule has 0 unspecified atom stereocenters. The number of hydrogen-bond donors (Lipinski definition) is 3. The number of H-pyrrole nitrogens is 1. The van der Waals surface area contributed by atoms with E-state index in [2.05, 4.69) is 25.5 Å². The number of pyridine rings is 1. The highest BCUT2D eigenvalue weighted by Gasteiger charge is 2.35. The van der Waals surface area contributed by atoms with Crippen molar-refractivity contribution in [3.05, 3.63) is 41.0 Å². The summed E-state index contributed by atoms with van der Waals surface area (Å²) < 4.78 is 65.4. The van der Waals surface area contributed by atoms with E-state index in [0.29, 0.717) is 6.42 Å². The lowest BCUT2D eigenvalue weighted by Gasteiger charge is -2.17. The molecule has 0 aliphatic heterocycles. The van der Waals surface area contributed by atoms with Crippen LogP contribution in [0.4, 0.5) is 30.8 Å². The van der Waals surface area contributed by atoms with Crippen molar-refractivity contribution in [1.29, 1.82) is 0 Å². The molecule has 2 heterocycles. The van der Waals surface area contributed by atoms with E-state index in [9.17, 15) is 21.6 Å². The van der Waals surface area contributed by atoms with Gasteiger partial charge in [-0.25, -0.2) is 13.4 Å². The third-order valence-electron chi connectivity index (χ3n) is 3.98. The molecule has 0 spiro atoms. The van der Waals surface area contributed by atoms with Gasteiger partial charge in [-0.15, -0.1) is 10.2 Å². The van der Waals surface area contributed by atoms with Crippen LogP contribution in [0.2, 0.25) is 5.02 Å². The summed E-state index contributed by atoms with van der Waals surface area (Å²) in [4.78, 5) is 6.37. The predicted molar refractivity (Wildman–Crippen MR) is 106 cm³/mol. The van der Waals surface area contributed by atoms with E-state index < -0.39 is 21.6 Å². The zero-order valence-electron chi connectivity index (χ0n) is 15.5. The predicted octanol–water partition coefficient (Wildman–Crippen LogP) is 4.05. The van der Waals surface area contributed by atoms with Gasteiger partial charge in [-0.2, -0.15) is 13.2 Å². The summed E-state index contributed by atoms with van der Waals surface area (Å²) in [5, 5.41) is 9.32. The first-order valence-electron chi connectivity index (χ1n) is 8.56. The van der Waals surface area contributed by atoms with Gasteiger partial charge in [-0.05, 0) is 30.7 Å². The molecule has 0 aliphatic rings. The van der Waals surface area contributed by atoms with E-state index in [-0.39, 0.29) is 44.5 Å². The first-order chi connectivity index (χ1) is 14.0. The quantitative estimate of drug-likeness (QED) is 0.506. The second-order valence-corrected chi connectivity index (χ2v) is 8.73. The lowest BCUT2D eigenvalue weighted by Crippen LogP contribution is -2.10. The van der Waals surface area contributed by atoms with Crippen LogP contribution in [-0.2, 0) is 16.0 Å². The minimum absolute atomic E-state index is 0.00216. The van der Waals surface area contributed by atoms with Crippen LogP contribution in [0.15, 0.2) is 35.5 Å². The average molecular weight is 461 g/mol. The number of aromatic amines is 1. The molecule has 0 saturated carbocycles. The highest BCUT2D eigenvalue weighted by molar-refractivity contribution is 7.91. The number of nitrogens with one attached hydrogen (secondary N) is 2. The number of nitrogens with two attached hydrogens (primary N) is 1. The van der Waals surface area contributed by atoms with Gasteiger partial charge in [0.15, 0.2) is 14.9 Å². The number of nitrogens with zero attached hydrogens (tertiary/aromatic N) is 3. The number of sulfone groups is 1. The highest BCUT2D eigenvalue weighted by atomic mass is 35.5. The average Bonchev–Trinajstić information content (AvgIpc) is 3.05. The molecule has 0 fully saturated rings. The molecule has 0 saturated heterocycles. The minimum Gasteiger partial charge on any atom is -0.368 e. The van der Waals surface area contributed by atoms with Gasteiger partial charge in [0, 0.05) is 23.0 Å². The Hall–Kier alpha value is -2.86. The van der Waals surface area contributed by atoms with Crippen LogP contribution in [-0.4, -0.2) is 34.3 Å². The Morgan fingerprint density at radius 3 is 2.50 bits per heavy atom. The largest absolute Gasteiger partial charge is 0.417 e. The standard InChI is InChI=1S/C17H16ClF3N6O2S/c1-2-5-30(28,29)13-4-3-9(8-23-13)14-11(17(19,20)21)6-10(7-12(14)18)24-16-25-15(22)26-27-16/h3-4,6-8H,2,5H2,1H3,(H4,22,24,25,26,27). The number of benzene rings is 1. The van der Waals surface area contributed by atoms with Gasteiger partial charge in [0.05, 0.1) is 16.3 Å². The summed E-state index contributed by atoms with van der Waals surface area (Å²) in [7, 11) is -3.60. The van der Waals surface area contributed by atoms with Crippen LogP contribution in [0.5, 0.6) is 0 Å². The van der Waals surface area contributed by atoms with Gasteiger partial charge in [-0.1, -0.05) is 18.5 Å². The van der Waals surface area contributed by atoms with Crippen molar-refractivity contribution in [3.8, 4) is 11.1 Å². The molecule has 0 atom stereocenters. The molecule has 0 aliphatic carbocycles. The molecule has 3 aromatic rings. The van der Waals surface area contributed by atoms with E-state index in [4.69, 9.17) is 17.3 Å². The Morgan fingerprint density at radius 1 is 1.23 bits per heavy atom. The summed E-state index contributed by atoms with van der Waals surface area (Å²) in [6.45, 7) is 1.70. The van der Waals surface area contributed by atoms with Crippen molar-refractivity contribution in [2.45, 2.75) is 24.5 Å². The monoisotopic (exact) mass is 460 g/mol. The Bertz CT molecular complexity index is 1160. The maximum absolute atomic E-state index is 13.7. The molecule has 0 radical (unpaired) electrons. The molecule has 8 nitrogen and oxygen atoms in total. The Morgan fingerprint density at radius 2 is 1.97 bits per heavy atom. The van der Waals surface area contributed by atoms with E-state index in [1.807, 2.05) is 0 Å². The maximum Gasteiger partial charge on any atom is 0.417 e. The molecule has 30 heavy (non-hydrogen) atoms. The molecule has 1 aromatic carbocycles. The van der Waals surface area contributed by atoms with Crippen LogP contribution in [0.1, 0.15) is 18.9 Å². The number of rotatable bonds is 6. The molecule has 4 N–H and O–H groups in total. The van der Waals surface area contributed by atoms with Gasteiger partial charge in [0.2, 0.25) is 11.9 Å². The minimum atomic E-state index is -4.75. The second kappa shape index (κ2) is 8.11. The molecule has 160 valence electrons. The third kappa shape index (κ3) is 4.65. The number of alkyl halides is 3. The lowest BCUT2D eigenvalue weighted by molar-refractivity contribution is -0.137. The normalized spacial score (nSPS) is 12.2. The first-order valence-corrected chi connectivity index (χ1v) is 10.6. The smallest absolute Gasteiger partial charge is 0.368 e. The Kier molecular flexibility index (Phi) is 5.90. The fraction of sp³-hybridized carbons (Fsp3) is 0.235. The van der Waals surface area contributed by atoms with E-state index in [0.717, 1.165) is 12.3 Å². The summed E-state index contributed by atoms with van der Waals surface area (Å²) >= 11 is 6.17. The zero-order valence-corrected chi connectivity index (χ0v) is 17.0. The maximum atomic E-state index is 13.7. The zero-order chi connectivity index (χ0) is 22.1. The number of nitrogen functional groups attached to an aromatic ring is 1. The van der Waals surface area contributed by atoms with Crippen molar-refractivity contribution in [1.82, 2.24) is 20.2 Å². The van der Waals surface area contributed by atoms with Gasteiger partial charge in [0.25, 0.3) is 0 Å². The topological polar surface area (TPSA) is 127 Å². The molecule has 13 heteroatoms. The Labute approximate surface area is 174 Å². The molecule has 2 aromatic heterocycles. The van der Waals surface area contributed by atoms with Crippen molar-refractivity contribution in [3.63, 3.8) is 0 Å². The lowest BCUT2D eigenvalue weighted by atomic mass is 9.99. The third-order valence-corrected chi connectivity index (χ3v) is 6.10. The van der Waals surface area contributed by atoms with E-state index in [1.165, 1.54) is 18.2 Å². The fourth-order valence-electron chi connectivity index (χ4n) is 2.75. The van der Waals surface area contributed by atoms with Gasteiger partial charge >= 0.3 is 6.18 Å². The van der Waals surface area contributed by atoms with Crippen LogP contribution in [0.25, 0.3) is 11.1 Å². The van der Waals surface area contributed by atoms with Crippen molar-refractivity contribution in [2.24, 2.45) is 0 Å². The van der Waals surface area contributed by atoms with Gasteiger partial charge < -0.3 is 11.1 Å². The number of aromatic nitrogens is 4. The first kappa shape index (κ1) is 21.8. The highest BCUT2D eigenvalue weighted by Crippen LogP contribution is 2.43. The summed E-state index contributed by atoms with van der Waals surface area (Å²) in [6.07, 6.45) is -3.30. The van der Waals surface area contributed by atoms with E-state index in [1.54, 1.807) is 6.92 Å². The van der Waals surface area contributed by atoms with Crippen LogP contribution >= 0.6 is 11.6 Å². The molecule has 0 bridgehead atoms. The molecule has 3 rings (SSSR count). The van der Waals surface area contributed by atoms with Crippen molar-refractivity contribution in [2.75, 3.05) is 16.8 Å². The van der Waals surface area contributed by atoms with Gasteiger partial charge in [0.1, 0.15) is 0 Å². The number of anilines is 3. The number of halogens is 4.